The molecule has 0 aromatic carbocycles. The van der Waals surface area contributed by atoms with Gasteiger partial charge in [-0.25, -0.2) is 0 Å². The minimum absolute atomic E-state index is 0. The zero-order chi connectivity index (χ0) is 0. The summed E-state index contributed by atoms with van der Waals surface area (Å²) in [5, 5.41) is 0. The quantitative estimate of drug-likeness (QED) is 0.258. The fourth-order valence-corrected chi connectivity index (χ4v) is 0. The molecule has 0 aromatic rings. The van der Waals surface area contributed by atoms with Gasteiger partial charge in [-0.3, -0.25) is 0 Å². The molecule has 0 aliphatic heterocycles. The molecular weight excluding hydrogens is 1050 g/mol. The Bertz CT molecular complexity index is 9.22. The Morgan fingerprint density at radius 3 is 0.333 bits per heavy atom. The summed E-state index contributed by atoms with van der Waals surface area (Å²) >= 11 is 0. The van der Waals surface area contributed by atoms with Crippen LogP contribution in [0.2, 0.25) is 0 Å². The monoisotopic (exact) mass is 1060 g/mol. The van der Waals surface area contributed by atoms with Crippen molar-refractivity contribution in [2.75, 3.05) is 0 Å². The van der Waals surface area contributed by atoms with Crippen molar-refractivity contribution in [2.24, 2.45) is 0 Å². The Balaban J connectivity index is 0. The fraction of sp³-hybridized carbons (Fsp3) is 0. The van der Waals surface area contributed by atoms with Crippen molar-refractivity contribution in [3.8, 4) is 0 Å². The third-order valence-corrected chi connectivity index (χ3v) is 0. The number of hydrogen-bond donors (Lipinski definition) is 0. The van der Waals surface area contributed by atoms with Crippen molar-refractivity contribution in [1.29, 1.82) is 0 Å². The molecule has 9 heavy (non-hydrogen) atoms. The Morgan fingerprint density at radius 1 is 0.333 bits per heavy atom. The Kier molecular flexibility index (Phi) is 455. The molecule has 0 amide bonds. The molecule has 0 bridgehead atoms. The molecular formula is H9I8K. The van der Waals surface area contributed by atoms with Gasteiger partial charge in [-0.05, 0) is 0 Å². The van der Waals surface area contributed by atoms with E-state index in [0.717, 1.165) is 0 Å². The Hall–Kier alpha value is 7.48. The maximum absolute atomic E-state index is 0. The first-order chi connectivity index (χ1) is 0. The molecule has 0 N–H and O–H groups in total. The van der Waals surface area contributed by atoms with Crippen LogP contribution in [0.1, 0.15) is 1.43 Å². The largest absolute Gasteiger partial charge is 1.00 e. The van der Waals surface area contributed by atoms with Crippen molar-refractivity contribution < 1.29 is 52.8 Å². The van der Waals surface area contributed by atoms with Crippen molar-refractivity contribution in [1.82, 2.24) is 0 Å². The van der Waals surface area contributed by atoms with Crippen LogP contribution in [0.3, 0.4) is 0 Å². The van der Waals surface area contributed by atoms with Gasteiger partial charge in [0.1, 0.15) is 0 Å². The Morgan fingerprint density at radius 2 is 0.333 bits per heavy atom. The molecule has 0 heterocycles. The summed E-state index contributed by atoms with van der Waals surface area (Å²) in [4.78, 5) is 0. The smallest absolute Gasteiger partial charge is 1.00 e. The predicted octanol–water partition coefficient (Wildman–Crippen LogP) is 2.06. The van der Waals surface area contributed by atoms with Gasteiger partial charge in [0.15, 0.2) is 0 Å². The zero-order valence-electron chi connectivity index (χ0n) is 5.27. The molecule has 0 radical (unpaired) electrons. The molecule has 0 nitrogen and oxygen atoms in total. The summed E-state index contributed by atoms with van der Waals surface area (Å²) in [6.45, 7) is 0. The van der Waals surface area contributed by atoms with Gasteiger partial charge in [0.2, 0.25) is 0 Å². The van der Waals surface area contributed by atoms with Crippen LogP contribution in [0.5, 0.6) is 0 Å². The summed E-state index contributed by atoms with van der Waals surface area (Å²) in [6.07, 6.45) is 0. The first-order valence-electron chi connectivity index (χ1n) is 0. The van der Waals surface area contributed by atoms with E-state index in [1.165, 1.54) is 0 Å². The molecule has 0 aliphatic rings. The average Bonchev–Trinajstić information content (AvgIpc) is 0. The van der Waals surface area contributed by atoms with Crippen molar-refractivity contribution in [2.45, 2.75) is 0 Å². The van der Waals surface area contributed by atoms with Gasteiger partial charge in [0.25, 0.3) is 0 Å². The van der Waals surface area contributed by atoms with Crippen molar-refractivity contribution in [3.05, 3.63) is 0 Å². The van der Waals surface area contributed by atoms with E-state index in [2.05, 4.69) is 0 Å². The van der Waals surface area contributed by atoms with Gasteiger partial charge in [-0.2, -0.15) is 0 Å². The van der Waals surface area contributed by atoms with E-state index >= 15 is 0 Å². The minimum atomic E-state index is 0. The maximum atomic E-state index is 0. The minimum Gasteiger partial charge on any atom is -1.00 e. The molecule has 0 spiro atoms. The molecule has 0 atom stereocenters. The summed E-state index contributed by atoms with van der Waals surface area (Å²) in [7, 11) is 0. The van der Waals surface area contributed by atoms with Crippen LogP contribution < -0.4 is 51.4 Å². The predicted molar refractivity (Wildman–Crippen MR) is 124 cm³/mol. The number of hydrogen-bond acceptors (Lipinski definition) is 0. The van der Waals surface area contributed by atoms with Gasteiger partial charge >= 0.3 is 51.4 Å². The van der Waals surface area contributed by atoms with Gasteiger partial charge < -0.3 is 1.43 Å². The molecule has 0 aromatic heterocycles. The molecule has 0 saturated carbocycles. The molecule has 0 saturated heterocycles. The second-order valence-electron chi connectivity index (χ2n) is 0. The van der Waals surface area contributed by atoms with E-state index in [1.54, 1.807) is 0 Å². The van der Waals surface area contributed by atoms with Crippen LogP contribution in [0.4, 0.5) is 0 Å². The van der Waals surface area contributed by atoms with E-state index in [1.807, 2.05) is 0 Å². The van der Waals surface area contributed by atoms with Crippen LogP contribution in [0.15, 0.2) is 0 Å². The summed E-state index contributed by atoms with van der Waals surface area (Å²) in [6, 6.07) is 0. The third kappa shape index (κ3) is 50.3. The second kappa shape index (κ2) is 58.0. The first-order valence-corrected chi connectivity index (χ1v) is 0. The van der Waals surface area contributed by atoms with Gasteiger partial charge in [0, 0.05) is 0 Å². The van der Waals surface area contributed by atoms with Gasteiger partial charge in [-0.15, -0.1) is 192 Å². The molecule has 0 fully saturated rings. The van der Waals surface area contributed by atoms with E-state index < -0.39 is 0 Å². The normalized spacial score (nSPS) is 0. The average molecular weight is 1060 g/mol. The van der Waals surface area contributed by atoms with Crippen LogP contribution in [0, 0.1) is 0 Å². The standard InChI is InChI=1S/8HI.K.H/h8*1H;;/q;;;;;;;;+1;-1. The number of halogens is 8. The van der Waals surface area contributed by atoms with Crippen LogP contribution in [0.25, 0.3) is 0 Å². The Labute approximate surface area is 237 Å². The summed E-state index contributed by atoms with van der Waals surface area (Å²) in [5.41, 5.74) is 0. The molecule has 0 aliphatic carbocycles. The second-order valence-corrected chi connectivity index (χ2v) is 0. The number of rotatable bonds is 0. The van der Waals surface area contributed by atoms with Crippen LogP contribution in [-0.2, 0) is 0 Å². The SMILES string of the molecule is I.I.I.I.I.I.I.I.[H-].[K+]. The van der Waals surface area contributed by atoms with Crippen LogP contribution in [-0.4, -0.2) is 0 Å². The van der Waals surface area contributed by atoms with E-state index in [4.69, 9.17) is 0 Å². The molecule has 66 valence electrons. The van der Waals surface area contributed by atoms with Crippen LogP contribution >= 0.6 is 192 Å². The van der Waals surface area contributed by atoms with Gasteiger partial charge in [0.05, 0.1) is 0 Å². The van der Waals surface area contributed by atoms with Crippen molar-refractivity contribution >= 4 is 192 Å². The molecule has 0 unspecified atom stereocenters. The van der Waals surface area contributed by atoms with E-state index in [9.17, 15) is 0 Å². The third-order valence-electron chi connectivity index (χ3n) is 0. The molecule has 0 rings (SSSR count). The van der Waals surface area contributed by atoms with Crippen molar-refractivity contribution in [3.63, 3.8) is 0 Å². The van der Waals surface area contributed by atoms with Gasteiger partial charge in [-0.1, -0.05) is 0 Å². The van der Waals surface area contributed by atoms with E-state index in [0.29, 0.717) is 0 Å². The fourth-order valence-electron chi connectivity index (χ4n) is 0. The topological polar surface area (TPSA) is 0 Å². The first kappa shape index (κ1) is 70.6. The summed E-state index contributed by atoms with van der Waals surface area (Å²) in [5.74, 6) is 0. The van der Waals surface area contributed by atoms with E-state index in [-0.39, 0.29) is 245 Å². The molecule has 9 heteroatoms. The maximum Gasteiger partial charge on any atom is 1.00 e. The summed E-state index contributed by atoms with van der Waals surface area (Å²) < 4.78 is 0. The zero-order valence-corrected chi connectivity index (χ0v) is 26.0.